The number of amides is 3. The van der Waals surface area contributed by atoms with E-state index in [1.54, 1.807) is 43.6 Å². The van der Waals surface area contributed by atoms with Crippen LogP contribution in [0.15, 0.2) is 11.6 Å². The Morgan fingerprint density at radius 2 is 1.70 bits per heavy atom. The summed E-state index contributed by atoms with van der Waals surface area (Å²) in [6.45, 7) is 16.6. The molecule has 230 valence electrons. The molecule has 0 aromatic heterocycles. The van der Waals surface area contributed by atoms with E-state index >= 15 is 0 Å². The zero-order chi connectivity index (χ0) is 30.6. The lowest BCUT2D eigenvalue weighted by molar-refractivity contribution is -0.147. The van der Waals surface area contributed by atoms with Crippen LogP contribution in [0, 0.1) is 11.8 Å². The van der Waals surface area contributed by atoms with Gasteiger partial charge in [0.25, 0.3) is 0 Å². The summed E-state index contributed by atoms with van der Waals surface area (Å²) < 4.78 is 5.14. The predicted molar refractivity (Wildman–Crippen MR) is 163 cm³/mol. The van der Waals surface area contributed by atoms with E-state index in [2.05, 4.69) is 29.4 Å². The van der Waals surface area contributed by atoms with Gasteiger partial charge in [0.2, 0.25) is 17.7 Å². The number of rotatable bonds is 15. The highest BCUT2D eigenvalue weighted by Crippen LogP contribution is 2.21. The van der Waals surface area contributed by atoms with E-state index < -0.39 is 18.1 Å². The van der Waals surface area contributed by atoms with Crippen molar-refractivity contribution in [3.8, 4) is 0 Å². The summed E-state index contributed by atoms with van der Waals surface area (Å²) in [5, 5.41) is 5.87. The number of hydrogen-bond donors (Lipinski definition) is 2. The maximum absolute atomic E-state index is 13.8. The smallest absolute Gasteiger partial charge is 0.328 e. The molecule has 0 spiro atoms. The van der Waals surface area contributed by atoms with E-state index in [1.807, 2.05) is 34.0 Å². The van der Waals surface area contributed by atoms with Crippen LogP contribution < -0.4 is 10.6 Å². The minimum absolute atomic E-state index is 0.00679. The van der Waals surface area contributed by atoms with Crippen LogP contribution in [0.4, 0.5) is 0 Å². The summed E-state index contributed by atoms with van der Waals surface area (Å²) in [6.07, 6.45) is 7.04. The number of carbonyl (C=O) groups is 4. The van der Waals surface area contributed by atoms with Gasteiger partial charge in [-0.15, -0.1) is 0 Å². The average molecular weight is 583 g/mol. The number of thioether (sulfide) groups is 1. The summed E-state index contributed by atoms with van der Waals surface area (Å²) >= 11 is 1.59. The van der Waals surface area contributed by atoms with E-state index in [0.717, 1.165) is 25.8 Å². The topological polar surface area (TPSA) is 108 Å². The van der Waals surface area contributed by atoms with Crippen molar-refractivity contribution in [3.63, 3.8) is 0 Å². The van der Waals surface area contributed by atoms with Crippen LogP contribution in [-0.2, 0) is 23.9 Å². The number of hydrogen-bond acceptors (Lipinski definition) is 7. The van der Waals surface area contributed by atoms with Crippen LogP contribution >= 0.6 is 11.8 Å². The molecular weight excluding hydrogens is 528 g/mol. The first-order valence-electron chi connectivity index (χ1n) is 14.7. The molecule has 40 heavy (non-hydrogen) atoms. The molecule has 1 saturated heterocycles. The van der Waals surface area contributed by atoms with Gasteiger partial charge in [-0.1, -0.05) is 40.2 Å². The molecule has 3 amide bonds. The fourth-order valence-electron chi connectivity index (χ4n) is 5.07. The van der Waals surface area contributed by atoms with Crippen LogP contribution in [0.25, 0.3) is 0 Å². The Kier molecular flexibility index (Phi) is 15.9. The fraction of sp³-hybridized carbons (Fsp3) is 0.800. The molecule has 4 atom stereocenters. The number of piperidine rings is 1. The number of likely N-dealkylation sites (tertiary alicyclic amines) is 1. The van der Waals surface area contributed by atoms with Crippen molar-refractivity contribution in [2.75, 3.05) is 32.2 Å². The Morgan fingerprint density at radius 3 is 2.23 bits per heavy atom. The molecule has 1 aliphatic rings. The van der Waals surface area contributed by atoms with Crippen molar-refractivity contribution in [2.24, 2.45) is 11.8 Å². The second-order valence-electron chi connectivity index (χ2n) is 11.7. The largest absolute Gasteiger partial charge is 0.464 e. The van der Waals surface area contributed by atoms with E-state index in [4.69, 9.17) is 4.74 Å². The maximum atomic E-state index is 13.8. The maximum Gasteiger partial charge on any atom is 0.328 e. The Labute approximate surface area is 246 Å². The normalized spacial score (nSPS) is 18.8. The summed E-state index contributed by atoms with van der Waals surface area (Å²) in [6, 6.07) is -1.78. The fourth-order valence-corrected chi connectivity index (χ4v) is 5.54. The molecule has 1 fully saturated rings. The molecule has 1 aliphatic heterocycles. The molecule has 1 heterocycles. The summed E-state index contributed by atoms with van der Waals surface area (Å²) in [4.78, 5) is 56.4. The molecule has 0 bridgehead atoms. The van der Waals surface area contributed by atoms with Gasteiger partial charge in [0, 0.05) is 18.7 Å². The van der Waals surface area contributed by atoms with Gasteiger partial charge in [-0.25, -0.2) is 4.79 Å². The van der Waals surface area contributed by atoms with Crippen molar-refractivity contribution >= 4 is 35.5 Å². The third kappa shape index (κ3) is 10.7. The zero-order valence-electron chi connectivity index (χ0n) is 26.4. The monoisotopic (exact) mass is 582 g/mol. The first-order valence-corrected chi connectivity index (χ1v) is 16.1. The molecule has 0 aromatic carbocycles. The van der Waals surface area contributed by atoms with Crippen LogP contribution in [0.2, 0.25) is 0 Å². The van der Waals surface area contributed by atoms with Crippen molar-refractivity contribution in [3.05, 3.63) is 11.6 Å². The lowest BCUT2D eigenvalue weighted by Gasteiger charge is -2.39. The molecule has 1 rings (SSSR count). The number of carbonyl (C=O) groups excluding carboxylic acids is 4. The van der Waals surface area contributed by atoms with Gasteiger partial charge in [-0.2, -0.15) is 11.8 Å². The van der Waals surface area contributed by atoms with Crippen molar-refractivity contribution < 1.29 is 23.9 Å². The van der Waals surface area contributed by atoms with Gasteiger partial charge in [0.1, 0.15) is 12.1 Å². The molecule has 0 saturated carbocycles. The first-order chi connectivity index (χ1) is 18.8. The third-order valence-electron chi connectivity index (χ3n) is 7.48. The summed E-state index contributed by atoms with van der Waals surface area (Å²) in [7, 11) is 1.72. The number of likely N-dealkylation sites (N-methyl/N-ethyl adjacent to an activating group) is 1. The van der Waals surface area contributed by atoms with Crippen LogP contribution in [0.3, 0.4) is 0 Å². The van der Waals surface area contributed by atoms with Gasteiger partial charge < -0.3 is 20.3 Å². The minimum atomic E-state index is -0.731. The minimum Gasteiger partial charge on any atom is -0.464 e. The zero-order valence-corrected chi connectivity index (χ0v) is 27.2. The molecule has 1 unspecified atom stereocenters. The Hall–Kier alpha value is -2.07. The van der Waals surface area contributed by atoms with E-state index in [9.17, 15) is 19.2 Å². The van der Waals surface area contributed by atoms with Gasteiger partial charge in [0.15, 0.2) is 0 Å². The molecule has 9 nitrogen and oxygen atoms in total. The van der Waals surface area contributed by atoms with Crippen molar-refractivity contribution in [1.29, 1.82) is 0 Å². The molecule has 10 heteroatoms. The Morgan fingerprint density at radius 1 is 1.05 bits per heavy atom. The highest BCUT2D eigenvalue weighted by Gasteiger charge is 2.36. The average Bonchev–Trinajstić information content (AvgIpc) is 2.90. The lowest BCUT2D eigenvalue weighted by Crippen LogP contribution is -2.58. The number of nitrogens with one attached hydrogen (secondary N) is 2. The molecular formula is C30H54N4O5S. The summed E-state index contributed by atoms with van der Waals surface area (Å²) in [5.74, 6) is -0.513. The second-order valence-corrected chi connectivity index (χ2v) is 12.7. The molecule has 0 aromatic rings. The lowest BCUT2D eigenvalue weighted by atomic mass is 9.95. The number of esters is 1. The number of ether oxygens (including phenoxy) is 1. The Bertz CT molecular complexity index is 876. The third-order valence-corrected chi connectivity index (χ3v) is 8.13. The van der Waals surface area contributed by atoms with E-state index in [0.29, 0.717) is 17.7 Å². The highest BCUT2D eigenvalue weighted by atomic mass is 32.2. The van der Waals surface area contributed by atoms with Gasteiger partial charge >= 0.3 is 5.97 Å². The van der Waals surface area contributed by atoms with Gasteiger partial charge in [-0.05, 0) is 77.3 Å². The first kappa shape index (κ1) is 36.0. The highest BCUT2D eigenvalue weighted by molar-refractivity contribution is 7.98. The quantitative estimate of drug-likeness (QED) is 0.224. The molecule has 0 aliphatic carbocycles. The van der Waals surface area contributed by atoms with Crippen LogP contribution in [0.5, 0.6) is 0 Å². The van der Waals surface area contributed by atoms with E-state index in [1.165, 1.54) is 0 Å². The molecule has 2 N–H and O–H groups in total. The van der Waals surface area contributed by atoms with Crippen LogP contribution in [-0.4, -0.2) is 95.9 Å². The Balaban J connectivity index is 3.09. The van der Waals surface area contributed by atoms with Crippen LogP contribution in [0.1, 0.15) is 81.1 Å². The standard InChI is InChI=1S/C30H54N4O5S/c1-11-39-30(38)23(15-17-40-10)31-27(35)22(8)18-25(19(2)3)33(9)29(37)26(20(4)5)32-28(36)24-14-12-13-16-34(24)21(6)7/h18-21,23-26H,11-17H2,1-10H3,(H,31,35)(H,32,36)/b22-18+/t23-,24?,25+,26-/m0/s1. The number of nitrogens with zero attached hydrogens (tertiary/aromatic N) is 2. The second kappa shape index (κ2) is 17.7. The van der Waals surface area contributed by atoms with Crippen molar-refractivity contribution in [2.45, 2.75) is 111 Å². The van der Waals surface area contributed by atoms with E-state index in [-0.39, 0.29) is 54.3 Å². The summed E-state index contributed by atoms with van der Waals surface area (Å²) in [5.41, 5.74) is 0.414. The van der Waals surface area contributed by atoms with Crippen molar-refractivity contribution in [1.82, 2.24) is 20.4 Å². The molecule has 0 radical (unpaired) electrons. The van der Waals surface area contributed by atoms with Gasteiger partial charge in [0.05, 0.1) is 18.7 Å². The SMILES string of the molecule is CCOC(=O)[C@H](CCSC)NC(=O)/C(C)=C/[C@H](C(C)C)N(C)C(=O)[C@@H](NC(=O)C1CCCCN1C(C)C)C(C)C. The van der Waals surface area contributed by atoms with Gasteiger partial charge in [-0.3, -0.25) is 19.3 Å². The predicted octanol–water partition coefficient (Wildman–Crippen LogP) is 3.62.